The first-order valence-corrected chi connectivity index (χ1v) is 23.4. The van der Waals surface area contributed by atoms with E-state index in [1.165, 1.54) is 180 Å². The van der Waals surface area contributed by atoms with Crippen LogP contribution in [0.4, 0.5) is 0 Å². The van der Waals surface area contributed by atoms with Crippen molar-refractivity contribution < 1.29 is 14.4 Å². The van der Waals surface area contributed by atoms with Crippen molar-refractivity contribution in [2.24, 2.45) is 0 Å². The first-order chi connectivity index (χ1) is 25.8. The zero-order chi connectivity index (χ0) is 38.7. The van der Waals surface area contributed by atoms with E-state index in [9.17, 15) is 9.90 Å². The van der Waals surface area contributed by atoms with Crippen molar-refractivity contribution in [3.05, 3.63) is 24.6 Å². The molecule has 1 rings (SSSR count). The van der Waals surface area contributed by atoms with Crippen molar-refractivity contribution in [2.45, 2.75) is 213 Å². The van der Waals surface area contributed by atoms with Crippen molar-refractivity contribution in [1.29, 1.82) is 0 Å². The molecule has 6 heteroatoms. The molecule has 0 aromatic carbocycles. The highest BCUT2D eigenvalue weighted by atomic mass is 16.4. The Kier molecular flexibility index (Phi) is 32.6. The molecule has 0 radical (unpaired) electrons. The minimum atomic E-state index is -0.975. The topological polar surface area (TPSA) is 49.8 Å². The maximum Gasteiger partial charge on any atom is 0.186 e. The summed E-state index contributed by atoms with van der Waals surface area (Å²) in [7, 11) is 5.90. The van der Waals surface area contributed by atoms with Crippen LogP contribution in [0.2, 0.25) is 0 Å². The molecule has 0 aromatic heterocycles. The van der Waals surface area contributed by atoms with Gasteiger partial charge in [-0.15, -0.1) is 0 Å². The van der Waals surface area contributed by atoms with Gasteiger partial charge in [-0.2, -0.15) is 0 Å². The van der Waals surface area contributed by atoms with Gasteiger partial charge in [0, 0.05) is 39.3 Å². The van der Waals surface area contributed by atoms with E-state index in [1.807, 2.05) is 21.1 Å². The van der Waals surface area contributed by atoms with Gasteiger partial charge >= 0.3 is 0 Å². The maximum atomic E-state index is 12.3. The quantitative estimate of drug-likeness (QED) is 0.0478. The van der Waals surface area contributed by atoms with E-state index >= 15 is 0 Å². The molecule has 0 bridgehead atoms. The highest BCUT2D eigenvalue weighted by molar-refractivity contribution is 5.69. The Morgan fingerprint density at radius 2 is 0.736 bits per heavy atom. The first-order valence-electron chi connectivity index (χ1n) is 23.4. The fraction of sp³-hybridized carbons (Fsp3) is 0.894. The molecule has 0 aromatic rings. The number of likely N-dealkylation sites (N-methyl/N-ethyl adjacent to an activating group) is 1. The third kappa shape index (κ3) is 29.4. The number of carboxylic acids is 1. The molecule has 53 heavy (non-hydrogen) atoms. The minimum Gasteiger partial charge on any atom is -0.543 e. The third-order valence-electron chi connectivity index (χ3n) is 11.4. The molecule has 1 aliphatic heterocycles. The SMILES string of the molecule is CCCCCCCCCCCCCCCCC=CN1CCN(C=CCCCCCCCCCCCCCCCC)CCN(C(C(=O)[O-])[N+](C)(C)C)CC1. The van der Waals surface area contributed by atoms with Crippen LogP contribution in [-0.4, -0.2) is 91.7 Å². The van der Waals surface area contributed by atoms with Gasteiger partial charge in [-0.3, -0.25) is 0 Å². The molecule has 1 unspecified atom stereocenters. The third-order valence-corrected chi connectivity index (χ3v) is 11.4. The predicted molar refractivity (Wildman–Crippen MR) is 230 cm³/mol. The summed E-state index contributed by atoms with van der Waals surface area (Å²) >= 11 is 0. The second-order valence-corrected chi connectivity index (χ2v) is 17.5. The van der Waals surface area contributed by atoms with Gasteiger partial charge in [-0.25, -0.2) is 4.90 Å². The molecule has 0 aliphatic carbocycles. The monoisotopic (exact) mass is 745 g/mol. The van der Waals surface area contributed by atoms with Gasteiger partial charge in [0.1, 0.15) is 5.97 Å². The van der Waals surface area contributed by atoms with Crippen LogP contribution in [0, 0.1) is 0 Å². The number of carboxylic acid groups (broad SMARTS) is 1. The summed E-state index contributed by atoms with van der Waals surface area (Å²) in [6, 6.07) is 0. The van der Waals surface area contributed by atoms with Gasteiger partial charge in [0.15, 0.2) is 6.17 Å². The Bertz CT molecular complexity index is 815. The predicted octanol–water partition coefficient (Wildman–Crippen LogP) is 11.5. The summed E-state index contributed by atoms with van der Waals surface area (Å²) in [5.74, 6) is -0.975. The Morgan fingerprint density at radius 3 is 1.00 bits per heavy atom. The number of allylic oxidation sites excluding steroid dienone is 2. The Labute approximate surface area is 331 Å². The minimum absolute atomic E-state index is 0.340. The molecule has 6 nitrogen and oxygen atoms in total. The summed E-state index contributed by atoms with van der Waals surface area (Å²) in [6.07, 6.45) is 49.9. The largest absolute Gasteiger partial charge is 0.543 e. The van der Waals surface area contributed by atoms with Crippen molar-refractivity contribution in [1.82, 2.24) is 14.7 Å². The Balaban J connectivity index is 2.38. The fourth-order valence-electron chi connectivity index (χ4n) is 7.96. The van der Waals surface area contributed by atoms with Gasteiger partial charge in [-0.05, 0) is 38.1 Å². The van der Waals surface area contributed by atoms with E-state index < -0.39 is 12.1 Å². The van der Waals surface area contributed by atoms with Gasteiger partial charge in [0.25, 0.3) is 0 Å². The lowest BCUT2D eigenvalue weighted by Crippen LogP contribution is -2.64. The van der Waals surface area contributed by atoms with Crippen LogP contribution in [0.15, 0.2) is 24.6 Å². The summed E-state index contributed by atoms with van der Waals surface area (Å²) < 4.78 is 0.340. The zero-order valence-corrected chi connectivity index (χ0v) is 36.4. The lowest BCUT2D eigenvalue weighted by Gasteiger charge is -2.42. The van der Waals surface area contributed by atoms with Gasteiger partial charge < -0.3 is 24.2 Å². The molecule has 312 valence electrons. The lowest BCUT2D eigenvalue weighted by molar-refractivity contribution is -0.901. The normalized spacial score (nSPS) is 15.7. The molecular weight excluding hydrogens is 653 g/mol. The number of rotatable bonds is 35. The van der Waals surface area contributed by atoms with E-state index in [0.717, 1.165) is 52.1 Å². The summed E-state index contributed by atoms with van der Waals surface area (Å²) in [4.78, 5) is 19.3. The molecule has 1 aliphatic rings. The van der Waals surface area contributed by atoms with Crippen molar-refractivity contribution in [3.8, 4) is 0 Å². The number of carbonyl (C=O) groups is 1. The van der Waals surface area contributed by atoms with Crippen molar-refractivity contribution >= 4 is 5.97 Å². The van der Waals surface area contributed by atoms with Crippen molar-refractivity contribution in [2.75, 3.05) is 60.4 Å². The molecule has 0 amide bonds. The molecule has 0 saturated carbocycles. The highest BCUT2D eigenvalue weighted by Crippen LogP contribution is 2.16. The first kappa shape index (κ1) is 49.5. The Morgan fingerprint density at radius 1 is 0.472 bits per heavy atom. The van der Waals surface area contributed by atoms with Crippen LogP contribution in [0.3, 0.4) is 0 Å². The summed E-state index contributed by atoms with van der Waals surface area (Å²) in [5.41, 5.74) is 0. The standard InChI is InChI=1S/C47H92N4O2/c1-6-8-10-12-14-16-18-20-22-24-26-28-30-32-34-36-38-48-40-41-49(43-45-50(44-42-48)46(47(52)53)51(3,4)5)39-37-35-33-31-29-27-25-23-21-19-17-15-13-11-9-7-2/h36-39,46H,6-35,40-45H2,1-5H3. The number of aliphatic carboxylic acids is 1. The van der Waals surface area contributed by atoms with E-state index in [4.69, 9.17) is 0 Å². The highest BCUT2D eigenvalue weighted by Gasteiger charge is 2.32. The average Bonchev–Trinajstić information content (AvgIpc) is 3.21. The van der Waals surface area contributed by atoms with Gasteiger partial charge in [0.05, 0.1) is 21.1 Å². The molecule has 0 spiro atoms. The van der Waals surface area contributed by atoms with E-state index in [0.29, 0.717) is 4.48 Å². The van der Waals surface area contributed by atoms with Gasteiger partial charge in [-0.1, -0.05) is 193 Å². The lowest BCUT2D eigenvalue weighted by atomic mass is 10.0. The zero-order valence-electron chi connectivity index (χ0n) is 36.4. The van der Waals surface area contributed by atoms with Crippen LogP contribution in [0.25, 0.3) is 0 Å². The second-order valence-electron chi connectivity index (χ2n) is 17.5. The number of hydrogen-bond acceptors (Lipinski definition) is 5. The van der Waals surface area contributed by atoms with E-state index in [-0.39, 0.29) is 0 Å². The molecular formula is C47H92N4O2. The number of carbonyl (C=O) groups excluding carboxylic acids is 1. The van der Waals surface area contributed by atoms with Crippen LogP contribution in [0.5, 0.6) is 0 Å². The van der Waals surface area contributed by atoms with E-state index in [1.54, 1.807) is 0 Å². The van der Waals surface area contributed by atoms with Crippen LogP contribution in [-0.2, 0) is 4.79 Å². The Hall–Kier alpha value is -1.53. The summed E-state index contributed by atoms with van der Waals surface area (Å²) in [6.45, 7) is 9.66. The fourth-order valence-corrected chi connectivity index (χ4v) is 7.96. The number of unbranched alkanes of at least 4 members (excludes halogenated alkanes) is 28. The summed E-state index contributed by atoms with van der Waals surface area (Å²) in [5, 5.41) is 12.3. The number of quaternary nitrogens is 1. The van der Waals surface area contributed by atoms with E-state index in [2.05, 4.69) is 53.1 Å². The maximum absolute atomic E-state index is 12.3. The number of nitrogens with zero attached hydrogens (tertiary/aromatic N) is 4. The molecule has 1 fully saturated rings. The van der Waals surface area contributed by atoms with Crippen molar-refractivity contribution in [3.63, 3.8) is 0 Å². The second kappa shape index (κ2) is 34.9. The molecule has 1 saturated heterocycles. The van der Waals surface area contributed by atoms with Crippen LogP contribution >= 0.6 is 0 Å². The smallest absolute Gasteiger partial charge is 0.186 e. The molecule has 1 heterocycles. The van der Waals surface area contributed by atoms with Crippen LogP contribution in [0.1, 0.15) is 206 Å². The van der Waals surface area contributed by atoms with Gasteiger partial charge in [0.2, 0.25) is 0 Å². The van der Waals surface area contributed by atoms with Crippen LogP contribution < -0.4 is 5.11 Å². The molecule has 1 atom stereocenters. The number of hydrogen-bond donors (Lipinski definition) is 0. The average molecular weight is 745 g/mol. The molecule has 0 N–H and O–H groups in total.